The van der Waals surface area contributed by atoms with Crippen molar-refractivity contribution in [2.45, 2.75) is 83.3 Å². The van der Waals surface area contributed by atoms with Crippen LogP contribution in [0.5, 0.6) is 0 Å². The monoisotopic (exact) mass is 479 g/mol. The minimum absolute atomic E-state index is 0.00914. The Morgan fingerprint density at radius 1 is 1.00 bits per heavy atom. The van der Waals surface area contributed by atoms with E-state index in [4.69, 9.17) is 4.42 Å². The summed E-state index contributed by atoms with van der Waals surface area (Å²) in [6.07, 6.45) is 9.68. The highest BCUT2D eigenvalue weighted by atomic mass is 16.3. The number of nitrogens with one attached hydrogen (secondary N) is 1. The van der Waals surface area contributed by atoms with Crippen LogP contribution in [0.4, 0.5) is 0 Å². The van der Waals surface area contributed by atoms with Crippen LogP contribution in [0.2, 0.25) is 0 Å². The van der Waals surface area contributed by atoms with Gasteiger partial charge in [-0.05, 0) is 68.7 Å². The second-order valence-corrected chi connectivity index (χ2v) is 10.7. The first-order chi connectivity index (χ1) is 17.0. The van der Waals surface area contributed by atoms with Gasteiger partial charge >= 0.3 is 0 Å². The number of unbranched alkanes of at least 4 members (excludes halogenated alkanes) is 3. The van der Waals surface area contributed by atoms with E-state index in [0.717, 1.165) is 31.8 Å². The molecule has 4 rings (SSSR count). The highest BCUT2D eigenvalue weighted by Gasteiger charge is 2.53. The van der Waals surface area contributed by atoms with Gasteiger partial charge in [-0.3, -0.25) is 9.59 Å². The highest BCUT2D eigenvalue weighted by Crippen LogP contribution is 2.35. The lowest BCUT2D eigenvalue weighted by atomic mass is 9.80. The Morgan fingerprint density at radius 2 is 1.74 bits per heavy atom. The van der Waals surface area contributed by atoms with Crippen LogP contribution in [-0.2, 0) is 22.6 Å². The molecule has 6 heteroatoms. The summed E-state index contributed by atoms with van der Waals surface area (Å²) in [6, 6.07) is 14.0. The molecule has 0 radical (unpaired) electrons. The van der Waals surface area contributed by atoms with Crippen molar-refractivity contribution in [3.63, 3.8) is 0 Å². The Labute approximate surface area is 210 Å². The van der Waals surface area contributed by atoms with Gasteiger partial charge in [0, 0.05) is 13.1 Å². The zero-order chi connectivity index (χ0) is 24.7. The molecule has 0 aliphatic carbocycles. The van der Waals surface area contributed by atoms with Gasteiger partial charge in [0.05, 0.1) is 12.8 Å². The van der Waals surface area contributed by atoms with Gasteiger partial charge in [-0.2, -0.15) is 0 Å². The van der Waals surface area contributed by atoms with Gasteiger partial charge < -0.3 is 19.5 Å². The van der Waals surface area contributed by atoms with Gasteiger partial charge in [0.2, 0.25) is 11.8 Å². The lowest BCUT2D eigenvalue weighted by Crippen LogP contribution is -2.72. The van der Waals surface area contributed by atoms with Crippen molar-refractivity contribution in [2.75, 3.05) is 19.6 Å². The molecule has 0 saturated carbocycles. The number of aryl methyl sites for hydroxylation is 1. The standard InChI is InChI=1S/C29H41N3O3/c1-23(2)21-26-27(33)32(22-25-14-10-20-35-25)29(28(34)30-26)15-18-31(19-16-29)17-9-4-3-6-11-24-12-7-5-8-13-24/h5,7-8,10,12-14,20,23,26H,3-4,6,9,11,15-19,21-22H2,1-2H3,(H,30,34). The summed E-state index contributed by atoms with van der Waals surface area (Å²) in [5, 5.41) is 3.08. The second-order valence-electron chi connectivity index (χ2n) is 10.7. The van der Waals surface area contributed by atoms with Crippen LogP contribution in [0.25, 0.3) is 0 Å². The van der Waals surface area contributed by atoms with Gasteiger partial charge in [0.25, 0.3) is 0 Å². The van der Waals surface area contributed by atoms with E-state index in [1.807, 2.05) is 17.0 Å². The lowest BCUT2D eigenvalue weighted by molar-refractivity contribution is -0.163. The zero-order valence-corrected chi connectivity index (χ0v) is 21.4. The smallest absolute Gasteiger partial charge is 0.246 e. The molecule has 1 aromatic carbocycles. The maximum Gasteiger partial charge on any atom is 0.246 e. The molecule has 0 bridgehead atoms. The van der Waals surface area contributed by atoms with Gasteiger partial charge in [0.1, 0.15) is 17.3 Å². The van der Waals surface area contributed by atoms with Crippen LogP contribution >= 0.6 is 0 Å². The van der Waals surface area contributed by atoms with Crippen molar-refractivity contribution in [2.24, 2.45) is 5.92 Å². The lowest BCUT2D eigenvalue weighted by Gasteiger charge is -2.51. The predicted molar refractivity (Wildman–Crippen MR) is 138 cm³/mol. The Balaban J connectivity index is 1.29. The average Bonchev–Trinajstić information content (AvgIpc) is 3.37. The van der Waals surface area contributed by atoms with Crippen LogP contribution in [0.3, 0.4) is 0 Å². The number of furan rings is 1. The topological polar surface area (TPSA) is 65.8 Å². The minimum Gasteiger partial charge on any atom is -0.467 e. The third-order valence-corrected chi connectivity index (χ3v) is 7.63. The van der Waals surface area contributed by atoms with Crippen molar-refractivity contribution < 1.29 is 14.0 Å². The average molecular weight is 480 g/mol. The number of carbonyl (C=O) groups excluding carboxylic acids is 2. The van der Waals surface area contributed by atoms with Crippen molar-refractivity contribution in [1.29, 1.82) is 0 Å². The normalized spacial score (nSPS) is 20.5. The first-order valence-corrected chi connectivity index (χ1v) is 13.4. The number of carbonyl (C=O) groups is 2. The first kappa shape index (κ1) is 25.5. The first-order valence-electron chi connectivity index (χ1n) is 13.4. The maximum atomic E-state index is 13.5. The number of nitrogens with zero attached hydrogens (tertiary/aromatic N) is 2. The van der Waals surface area contributed by atoms with Gasteiger partial charge in [0.15, 0.2) is 0 Å². The molecule has 1 unspecified atom stereocenters. The molecular weight excluding hydrogens is 438 g/mol. The van der Waals surface area contributed by atoms with E-state index in [0.29, 0.717) is 31.7 Å². The Hall–Kier alpha value is -2.60. The van der Waals surface area contributed by atoms with E-state index in [-0.39, 0.29) is 11.8 Å². The predicted octanol–water partition coefficient (Wildman–Crippen LogP) is 4.79. The highest BCUT2D eigenvalue weighted by molar-refractivity contribution is 6.00. The van der Waals surface area contributed by atoms with E-state index >= 15 is 0 Å². The molecule has 1 N–H and O–H groups in total. The molecule has 1 atom stereocenters. The van der Waals surface area contributed by atoms with Crippen molar-refractivity contribution >= 4 is 11.8 Å². The van der Waals surface area contributed by atoms with Crippen molar-refractivity contribution in [3.05, 3.63) is 60.1 Å². The van der Waals surface area contributed by atoms with Gasteiger partial charge in [-0.1, -0.05) is 57.0 Å². The van der Waals surface area contributed by atoms with Crippen LogP contribution in [0.1, 0.15) is 70.1 Å². The van der Waals surface area contributed by atoms with Crippen LogP contribution in [-0.4, -0.2) is 52.8 Å². The van der Waals surface area contributed by atoms with E-state index in [2.05, 4.69) is 54.4 Å². The molecule has 2 aliphatic rings. The minimum atomic E-state index is -0.774. The molecule has 1 aromatic heterocycles. The Bertz CT molecular complexity index is 933. The quantitative estimate of drug-likeness (QED) is 0.471. The van der Waals surface area contributed by atoms with E-state index in [9.17, 15) is 9.59 Å². The largest absolute Gasteiger partial charge is 0.467 e. The van der Waals surface area contributed by atoms with Crippen LogP contribution in [0.15, 0.2) is 53.1 Å². The summed E-state index contributed by atoms with van der Waals surface area (Å²) in [4.78, 5) is 31.3. The molecule has 190 valence electrons. The van der Waals surface area contributed by atoms with Crippen molar-refractivity contribution in [3.8, 4) is 0 Å². The number of benzene rings is 1. The van der Waals surface area contributed by atoms with Crippen molar-refractivity contribution in [1.82, 2.24) is 15.1 Å². The molecule has 2 aromatic rings. The summed E-state index contributed by atoms with van der Waals surface area (Å²) in [5.74, 6) is 1.10. The number of hydrogen-bond acceptors (Lipinski definition) is 4. The molecule has 6 nitrogen and oxygen atoms in total. The molecular formula is C29H41N3O3. The van der Waals surface area contributed by atoms with E-state index in [1.165, 1.54) is 31.2 Å². The Morgan fingerprint density at radius 3 is 2.43 bits per heavy atom. The molecule has 1 spiro atoms. The fourth-order valence-corrected chi connectivity index (χ4v) is 5.60. The molecule has 2 fully saturated rings. The van der Waals surface area contributed by atoms with Crippen LogP contribution in [0, 0.1) is 5.92 Å². The fourth-order valence-electron chi connectivity index (χ4n) is 5.60. The van der Waals surface area contributed by atoms with E-state index < -0.39 is 11.6 Å². The van der Waals surface area contributed by atoms with E-state index in [1.54, 1.807) is 6.26 Å². The second kappa shape index (κ2) is 11.9. The third kappa shape index (κ3) is 6.35. The maximum absolute atomic E-state index is 13.5. The summed E-state index contributed by atoms with van der Waals surface area (Å²) in [5.41, 5.74) is 0.646. The summed E-state index contributed by atoms with van der Waals surface area (Å²) in [7, 11) is 0. The number of piperidine rings is 1. The summed E-state index contributed by atoms with van der Waals surface area (Å²) >= 11 is 0. The SMILES string of the molecule is CC(C)CC1NC(=O)C2(CCN(CCCCCCc3ccccc3)CC2)N(Cc2ccco2)C1=O. The van der Waals surface area contributed by atoms with Gasteiger partial charge in [-0.15, -0.1) is 0 Å². The summed E-state index contributed by atoms with van der Waals surface area (Å²) < 4.78 is 5.57. The number of amides is 2. The molecule has 2 amide bonds. The molecule has 3 heterocycles. The molecule has 2 aliphatic heterocycles. The Kier molecular flexibility index (Phi) is 8.66. The van der Waals surface area contributed by atoms with Gasteiger partial charge in [-0.25, -0.2) is 0 Å². The van der Waals surface area contributed by atoms with Crippen LogP contribution < -0.4 is 5.32 Å². The number of likely N-dealkylation sites (tertiary alicyclic amines) is 1. The molecule has 2 saturated heterocycles. The fraction of sp³-hybridized carbons (Fsp3) is 0.586. The molecule has 35 heavy (non-hydrogen) atoms. The number of rotatable bonds is 11. The zero-order valence-electron chi connectivity index (χ0n) is 21.4. The summed E-state index contributed by atoms with van der Waals surface area (Å²) in [6.45, 7) is 7.27. The third-order valence-electron chi connectivity index (χ3n) is 7.63. The number of piperazine rings is 1. The number of hydrogen-bond donors (Lipinski definition) is 1.